The number of nitrogens with zero attached hydrogens (tertiary/aromatic N) is 7. The number of nitrogens with one attached hydrogen (secondary N) is 1. The molecule has 0 aliphatic carbocycles. The number of carbonyl (C=O) groups excluding carboxylic acids is 1. The molecule has 1 amide bonds. The number of carbonyl (C=O) groups is 1. The highest BCUT2D eigenvalue weighted by Crippen LogP contribution is 2.26. The summed E-state index contributed by atoms with van der Waals surface area (Å²) in [6.45, 7) is 13.3. The summed E-state index contributed by atoms with van der Waals surface area (Å²) in [6, 6.07) is 5.35. The summed E-state index contributed by atoms with van der Waals surface area (Å²) in [5, 5.41) is 27.4. The summed E-state index contributed by atoms with van der Waals surface area (Å²) in [4.78, 5) is 17.5. The second-order valence-corrected chi connectivity index (χ2v) is 8.80. The molecule has 1 aromatic carbocycles. The molecule has 0 unspecified atom stereocenters. The predicted octanol–water partition coefficient (Wildman–Crippen LogP) is 2.93. The Labute approximate surface area is 217 Å². The van der Waals surface area contributed by atoms with Crippen LogP contribution < -0.4 is 21.1 Å². The zero-order valence-corrected chi connectivity index (χ0v) is 21.9. The Bertz CT molecular complexity index is 1120. The lowest BCUT2D eigenvalue weighted by molar-refractivity contribution is -0.117. The molecule has 200 valence electrons. The van der Waals surface area contributed by atoms with E-state index >= 15 is 0 Å². The van der Waals surface area contributed by atoms with Gasteiger partial charge in [-0.2, -0.15) is 10.2 Å². The minimum atomic E-state index is -0.441. The maximum Gasteiger partial charge on any atom is 0.268 e. The van der Waals surface area contributed by atoms with Gasteiger partial charge in [0.1, 0.15) is 5.75 Å². The van der Waals surface area contributed by atoms with Crippen LogP contribution in [0.2, 0.25) is 0 Å². The van der Waals surface area contributed by atoms with Gasteiger partial charge in [-0.1, -0.05) is 12.8 Å². The number of likely N-dealkylation sites (tertiary alicyclic amines) is 1. The third-order valence-electron chi connectivity index (χ3n) is 6.45. The number of aromatic hydroxyl groups is 1. The van der Waals surface area contributed by atoms with Gasteiger partial charge in [0.05, 0.1) is 11.9 Å². The zero-order valence-electron chi connectivity index (χ0n) is 21.9. The van der Waals surface area contributed by atoms with Crippen molar-refractivity contribution in [2.45, 2.75) is 46.5 Å². The van der Waals surface area contributed by atoms with Gasteiger partial charge in [-0.25, -0.2) is 15.1 Å². The number of hydrogen-bond donors (Lipinski definition) is 3. The molecule has 12 heteroatoms. The quantitative estimate of drug-likeness (QED) is 0.235. The number of benzene rings is 1. The molecule has 1 aliphatic heterocycles. The lowest BCUT2D eigenvalue weighted by Crippen LogP contribution is -2.35. The van der Waals surface area contributed by atoms with Crippen molar-refractivity contribution in [3.63, 3.8) is 0 Å². The number of nitrogens with two attached hydrogens (primary N) is 1. The van der Waals surface area contributed by atoms with E-state index in [1.54, 1.807) is 19.1 Å². The average Bonchev–Trinajstić information content (AvgIpc) is 3.15. The molecular weight excluding hydrogens is 474 g/mol. The Kier molecular flexibility index (Phi) is 10.0. The number of hydrazone groups is 2. The highest BCUT2D eigenvalue weighted by Gasteiger charge is 2.25. The fourth-order valence-electron chi connectivity index (χ4n) is 4.27. The molecule has 0 saturated carbocycles. The molecule has 1 fully saturated rings. The van der Waals surface area contributed by atoms with E-state index in [0.717, 1.165) is 44.7 Å². The zero-order chi connectivity index (χ0) is 26.8. The first-order valence-electron chi connectivity index (χ1n) is 12.6. The van der Waals surface area contributed by atoms with Gasteiger partial charge in [0.2, 0.25) is 11.6 Å². The second-order valence-electron chi connectivity index (χ2n) is 8.80. The van der Waals surface area contributed by atoms with Crippen molar-refractivity contribution in [2.24, 2.45) is 10.2 Å². The minimum absolute atomic E-state index is 0.0376. The fourth-order valence-corrected chi connectivity index (χ4v) is 4.27. The molecule has 4 N–H and O–H groups in total. The minimum Gasteiger partial charge on any atom is -0.507 e. The largest absolute Gasteiger partial charge is 0.507 e. The maximum absolute atomic E-state index is 13.1. The SMILES string of the molecule is C=NN(/C(CN1CCCCCC1)=C(\C)C(=O)N/N=C\c1ccc(N(CC)CC)cc1O)c1nonc1N. The molecule has 1 aliphatic rings. The maximum atomic E-state index is 13.1. The fraction of sp³-hybridized carbons (Fsp3) is 0.480. The third-order valence-corrected chi connectivity index (χ3v) is 6.45. The molecule has 0 atom stereocenters. The lowest BCUT2D eigenvalue weighted by atomic mass is 10.2. The number of amides is 1. The summed E-state index contributed by atoms with van der Waals surface area (Å²) in [7, 11) is 0. The van der Waals surface area contributed by atoms with Crippen LogP contribution in [-0.2, 0) is 4.79 Å². The van der Waals surface area contributed by atoms with Crippen molar-refractivity contribution in [2.75, 3.05) is 48.4 Å². The van der Waals surface area contributed by atoms with E-state index in [-0.39, 0.29) is 17.4 Å². The van der Waals surface area contributed by atoms with Gasteiger partial charge in [-0.05, 0) is 69.1 Å². The summed E-state index contributed by atoms with van der Waals surface area (Å²) in [6.07, 6.45) is 5.92. The Balaban J connectivity index is 1.82. The average molecular weight is 512 g/mol. The van der Waals surface area contributed by atoms with Crippen molar-refractivity contribution < 1.29 is 14.5 Å². The highest BCUT2D eigenvalue weighted by atomic mass is 16.6. The van der Waals surface area contributed by atoms with Crippen molar-refractivity contribution in [1.29, 1.82) is 0 Å². The van der Waals surface area contributed by atoms with Crippen molar-refractivity contribution >= 4 is 36.2 Å². The second kappa shape index (κ2) is 13.4. The van der Waals surface area contributed by atoms with Crippen LogP contribution in [0.5, 0.6) is 5.75 Å². The Morgan fingerprint density at radius 3 is 2.51 bits per heavy atom. The molecule has 3 rings (SSSR count). The van der Waals surface area contributed by atoms with Crippen LogP contribution in [0.1, 0.15) is 52.0 Å². The van der Waals surface area contributed by atoms with Crippen LogP contribution in [-0.4, -0.2) is 71.9 Å². The van der Waals surface area contributed by atoms with Crippen LogP contribution in [0.4, 0.5) is 17.3 Å². The number of nitrogen functional groups attached to an aromatic ring is 1. The molecule has 2 heterocycles. The van der Waals surface area contributed by atoms with E-state index in [1.807, 2.05) is 6.07 Å². The third kappa shape index (κ3) is 7.06. The Morgan fingerprint density at radius 2 is 1.95 bits per heavy atom. The molecule has 1 saturated heterocycles. The normalized spacial score (nSPS) is 15.2. The Morgan fingerprint density at radius 1 is 1.24 bits per heavy atom. The van der Waals surface area contributed by atoms with Gasteiger partial charge in [-0.15, -0.1) is 0 Å². The molecular formula is C25H37N9O3. The monoisotopic (exact) mass is 511 g/mol. The molecule has 12 nitrogen and oxygen atoms in total. The number of aromatic nitrogens is 2. The summed E-state index contributed by atoms with van der Waals surface area (Å²) in [5.41, 5.74) is 10.8. The first-order chi connectivity index (χ1) is 17.9. The Hall–Kier alpha value is -3.93. The van der Waals surface area contributed by atoms with E-state index in [0.29, 0.717) is 23.4 Å². The van der Waals surface area contributed by atoms with Crippen molar-refractivity contribution in [1.82, 2.24) is 20.6 Å². The predicted molar refractivity (Wildman–Crippen MR) is 146 cm³/mol. The molecule has 2 aromatic rings. The van der Waals surface area contributed by atoms with Gasteiger partial charge in [0.25, 0.3) is 5.91 Å². The molecule has 0 spiro atoms. The van der Waals surface area contributed by atoms with Crippen LogP contribution in [0.15, 0.2) is 44.3 Å². The standard InChI is InChI=1S/C25H37N9O3/c1-5-33(6-2)20-12-11-19(22(35)15-20)16-28-29-25(36)18(3)21(17-32-13-9-7-8-10-14-32)34(27-4)24-23(26)30-37-31-24/h11-12,15-16,35H,4-10,13-14,17H2,1-3H3,(H2,26,30)(H,29,36)/b21-18+,28-16-. The molecule has 37 heavy (non-hydrogen) atoms. The first-order valence-corrected chi connectivity index (χ1v) is 12.6. The van der Waals surface area contributed by atoms with Crippen molar-refractivity contribution in [3.8, 4) is 5.75 Å². The topological polar surface area (TPSA) is 149 Å². The van der Waals surface area contributed by atoms with Gasteiger partial charge in [-0.3, -0.25) is 9.69 Å². The number of hydrogen-bond acceptors (Lipinski definition) is 11. The smallest absolute Gasteiger partial charge is 0.268 e. The summed E-state index contributed by atoms with van der Waals surface area (Å²) < 4.78 is 4.75. The van der Waals surface area contributed by atoms with E-state index < -0.39 is 5.91 Å². The van der Waals surface area contributed by atoms with E-state index in [2.05, 4.69) is 56.3 Å². The summed E-state index contributed by atoms with van der Waals surface area (Å²) >= 11 is 0. The van der Waals surface area contributed by atoms with Gasteiger partial charge >= 0.3 is 0 Å². The van der Waals surface area contributed by atoms with Gasteiger partial charge in [0.15, 0.2) is 0 Å². The number of phenols is 1. The van der Waals surface area contributed by atoms with Crippen molar-refractivity contribution in [3.05, 3.63) is 35.0 Å². The van der Waals surface area contributed by atoms with Crippen LogP contribution >= 0.6 is 0 Å². The van der Waals surface area contributed by atoms with Gasteiger partial charge < -0.3 is 15.7 Å². The molecule has 0 radical (unpaired) electrons. The van der Waals surface area contributed by atoms with E-state index in [1.165, 1.54) is 24.1 Å². The number of phenolic OH excluding ortho intramolecular Hbond substituents is 1. The highest BCUT2D eigenvalue weighted by molar-refractivity contribution is 5.95. The van der Waals surface area contributed by atoms with Crippen LogP contribution in [0.3, 0.4) is 0 Å². The van der Waals surface area contributed by atoms with Crippen LogP contribution in [0, 0.1) is 0 Å². The molecule has 0 bridgehead atoms. The van der Waals surface area contributed by atoms with Crippen LogP contribution in [0.25, 0.3) is 0 Å². The first kappa shape index (κ1) is 27.7. The lowest BCUT2D eigenvalue weighted by Gasteiger charge is -2.27. The number of anilines is 3. The number of rotatable bonds is 11. The molecule has 1 aromatic heterocycles. The van der Waals surface area contributed by atoms with E-state index in [9.17, 15) is 9.90 Å². The summed E-state index contributed by atoms with van der Waals surface area (Å²) in [5.74, 6) is -0.166. The van der Waals surface area contributed by atoms with Gasteiger partial charge in [0, 0.05) is 49.2 Å². The van der Waals surface area contributed by atoms with E-state index in [4.69, 9.17) is 10.4 Å².